The third kappa shape index (κ3) is 4.68. The molecule has 1 saturated carbocycles. The average Bonchev–Trinajstić information content (AvgIpc) is 3.51. The Hall–Kier alpha value is -4.34. The number of aryl methyl sites for hydroxylation is 1. The zero-order chi connectivity index (χ0) is 24.6. The first-order valence-corrected chi connectivity index (χ1v) is 11.3. The van der Waals surface area contributed by atoms with E-state index in [1.165, 1.54) is 0 Å². The van der Waals surface area contributed by atoms with Gasteiger partial charge in [-0.05, 0) is 55.1 Å². The van der Waals surface area contributed by atoms with E-state index in [0.29, 0.717) is 17.1 Å². The van der Waals surface area contributed by atoms with Crippen LogP contribution in [-0.2, 0) is 10.3 Å². The highest BCUT2D eigenvalue weighted by Gasteiger charge is 2.32. The van der Waals surface area contributed by atoms with Crippen LogP contribution < -0.4 is 15.4 Å². The van der Waals surface area contributed by atoms with Crippen molar-refractivity contribution >= 4 is 23.3 Å². The molecule has 2 amide bonds. The SMILES string of the molecule is Cc1onc(OCC(C)(NC(=O)O)c2ccccc2)c1-c1ccn2nc(NC(=O)C3CC3)cc2c1. The first kappa shape index (κ1) is 22.5. The Morgan fingerprint density at radius 1 is 1.23 bits per heavy atom. The van der Waals surface area contributed by atoms with E-state index < -0.39 is 11.6 Å². The summed E-state index contributed by atoms with van der Waals surface area (Å²) < 4.78 is 13.1. The standard InChI is InChI=1S/C25H25N5O5/c1-15-21(17-10-11-30-19(12-17)13-20(28-30)26-22(31)16-8-9-16)23(29-35-15)34-14-25(2,27-24(32)33)18-6-4-3-5-7-18/h3-7,10-13,16,27H,8-9,14H2,1-2H3,(H,32,33)(H,26,28,31). The molecule has 3 aromatic heterocycles. The number of fused-ring (bicyclic) bond motifs is 1. The number of amides is 2. The van der Waals surface area contributed by atoms with Crippen LogP contribution in [0.2, 0.25) is 0 Å². The highest BCUT2D eigenvalue weighted by atomic mass is 16.5. The summed E-state index contributed by atoms with van der Waals surface area (Å²) in [6.45, 7) is 3.52. The molecular formula is C25H25N5O5. The smallest absolute Gasteiger partial charge is 0.405 e. The van der Waals surface area contributed by atoms with Crippen LogP contribution in [0.15, 0.2) is 59.3 Å². The van der Waals surface area contributed by atoms with Gasteiger partial charge in [0.1, 0.15) is 12.4 Å². The van der Waals surface area contributed by atoms with E-state index in [1.807, 2.05) is 42.5 Å². The lowest BCUT2D eigenvalue weighted by atomic mass is 9.93. The highest BCUT2D eigenvalue weighted by Crippen LogP contribution is 2.35. The van der Waals surface area contributed by atoms with Crippen molar-refractivity contribution in [3.05, 3.63) is 66.1 Å². The normalized spacial score (nSPS) is 14.9. The molecule has 3 N–H and O–H groups in total. The Morgan fingerprint density at radius 3 is 2.71 bits per heavy atom. The van der Waals surface area contributed by atoms with Gasteiger partial charge in [0.25, 0.3) is 5.88 Å². The number of anilines is 1. The molecule has 0 saturated heterocycles. The number of rotatable bonds is 8. The van der Waals surface area contributed by atoms with Crippen LogP contribution >= 0.6 is 0 Å². The van der Waals surface area contributed by atoms with Crippen LogP contribution in [0, 0.1) is 12.8 Å². The van der Waals surface area contributed by atoms with Gasteiger partial charge >= 0.3 is 6.09 Å². The molecule has 1 fully saturated rings. The van der Waals surface area contributed by atoms with Gasteiger partial charge in [0.15, 0.2) is 5.82 Å². The largest absolute Gasteiger partial charge is 0.472 e. The molecule has 10 nitrogen and oxygen atoms in total. The monoisotopic (exact) mass is 475 g/mol. The van der Waals surface area contributed by atoms with E-state index in [1.54, 1.807) is 30.6 Å². The molecule has 1 aromatic carbocycles. The Morgan fingerprint density at radius 2 is 2.00 bits per heavy atom. The van der Waals surface area contributed by atoms with Crippen molar-refractivity contribution in [3.63, 3.8) is 0 Å². The van der Waals surface area contributed by atoms with Gasteiger partial charge < -0.3 is 25.0 Å². The number of carbonyl (C=O) groups is 2. The van der Waals surface area contributed by atoms with Crippen LogP contribution in [0.4, 0.5) is 10.6 Å². The van der Waals surface area contributed by atoms with Crippen molar-refractivity contribution < 1.29 is 24.0 Å². The predicted molar refractivity (Wildman–Crippen MR) is 127 cm³/mol. The fourth-order valence-electron chi connectivity index (χ4n) is 4.01. The zero-order valence-electron chi connectivity index (χ0n) is 19.3. The first-order chi connectivity index (χ1) is 16.8. The van der Waals surface area contributed by atoms with Gasteiger partial charge in [-0.3, -0.25) is 4.79 Å². The summed E-state index contributed by atoms with van der Waals surface area (Å²) in [6.07, 6.45) is 2.47. The van der Waals surface area contributed by atoms with Crippen molar-refractivity contribution in [3.8, 4) is 17.0 Å². The molecule has 1 aliphatic carbocycles. The number of aromatic nitrogens is 3. The van der Waals surface area contributed by atoms with Gasteiger partial charge in [-0.25, -0.2) is 9.31 Å². The van der Waals surface area contributed by atoms with Crippen molar-refractivity contribution in [2.45, 2.75) is 32.2 Å². The number of ether oxygens (including phenoxy) is 1. The predicted octanol–water partition coefficient (Wildman–Crippen LogP) is 4.21. The molecule has 5 rings (SSSR count). The molecule has 0 aliphatic heterocycles. The molecule has 10 heteroatoms. The maximum Gasteiger partial charge on any atom is 0.405 e. The van der Waals surface area contributed by atoms with E-state index >= 15 is 0 Å². The minimum absolute atomic E-state index is 0.00405. The van der Waals surface area contributed by atoms with E-state index in [-0.39, 0.29) is 24.3 Å². The van der Waals surface area contributed by atoms with Gasteiger partial charge in [-0.1, -0.05) is 30.3 Å². The lowest BCUT2D eigenvalue weighted by Crippen LogP contribution is -2.47. The topological polar surface area (TPSA) is 131 Å². The molecule has 1 unspecified atom stereocenters. The second-order valence-electron chi connectivity index (χ2n) is 8.91. The number of pyridine rings is 1. The van der Waals surface area contributed by atoms with E-state index in [2.05, 4.69) is 20.9 Å². The van der Waals surface area contributed by atoms with Gasteiger partial charge in [0.2, 0.25) is 5.91 Å². The van der Waals surface area contributed by atoms with E-state index in [9.17, 15) is 14.7 Å². The lowest BCUT2D eigenvalue weighted by Gasteiger charge is -2.29. The summed E-state index contributed by atoms with van der Waals surface area (Å²) in [5.41, 5.74) is 1.97. The molecule has 0 bridgehead atoms. The number of nitrogens with one attached hydrogen (secondary N) is 2. The van der Waals surface area contributed by atoms with Crippen molar-refractivity contribution in [1.29, 1.82) is 0 Å². The number of hydrogen-bond donors (Lipinski definition) is 3. The highest BCUT2D eigenvalue weighted by molar-refractivity contribution is 5.93. The molecule has 1 aliphatic rings. The number of carboxylic acid groups (broad SMARTS) is 1. The quantitative estimate of drug-likeness (QED) is 0.348. The second-order valence-corrected chi connectivity index (χ2v) is 8.91. The summed E-state index contributed by atoms with van der Waals surface area (Å²) >= 11 is 0. The number of hydrogen-bond acceptors (Lipinski definition) is 6. The van der Waals surface area contributed by atoms with Crippen molar-refractivity contribution in [2.24, 2.45) is 5.92 Å². The fourth-order valence-corrected chi connectivity index (χ4v) is 4.01. The third-order valence-corrected chi connectivity index (χ3v) is 6.07. The second kappa shape index (κ2) is 8.79. The molecule has 0 radical (unpaired) electrons. The Labute approximate surface area is 200 Å². The third-order valence-electron chi connectivity index (χ3n) is 6.07. The molecule has 4 aromatic rings. The average molecular weight is 476 g/mol. The maximum absolute atomic E-state index is 12.1. The molecule has 0 spiro atoms. The summed E-state index contributed by atoms with van der Waals surface area (Å²) in [6, 6.07) is 14.8. The summed E-state index contributed by atoms with van der Waals surface area (Å²) in [5, 5.41) is 23.3. The summed E-state index contributed by atoms with van der Waals surface area (Å²) in [4.78, 5) is 23.6. The Kier molecular flexibility index (Phi) is 5.64. The Balaban J connectivity index is 1.40. The number of nitrogens with zero attached hydrogens (tertiary/aromatic N) is 3. The number of benzene rings is 1. The maximum atomic E-state index is 12.1. The number of carbonyl (C=O) groups excluding carboxylic acids is 1. The fraction of sp³-hybridized carbons (Fsp3) is 0.280. The minimum Gasteiger partial charge on any atom is -0.472 e. The first-order valence-electron chi connectivity index (χ1n) is 11.3. The molecule has 1 atom stereocenters. The summed E-state index contributed by atoms with van der Waals surface area (Å²) in [5.74, 6) is 1.39. The van der Waals surface area contributed by atoms with Crippen molar-refractivity contribution in [1.82, 2.24) is 20.1 Å². The summed E-state index contributed by atoms with van der Waals surface area (Å²) in [7, 11) is 0. The molecular weight excluding hydrogens is 450 g/mol. The van der Waals surface area contributed by atoms with Crippen LogP contribution in [0.25, 0.3) is 16.6 Å². The van der Waals surface area contributed by atoms with Crippen LogP contribution in [0.5, 0.6) is 5.88 Å². The molecule has 180 valence electrons. The van der Waals surface area contributed by atoms with Gasteiger partial charge in [-0.15, -0.1) is 0 Å². The molecule has 35 heavy (non-hydrogen) atoms. The minimum atomic E-state index is -1.16. The van der Waals surface area contributed by atoms with Gasteiger partial charge in [0.05, 0.1) is 16.6 Å². The molecule has 3 heterocycles. The van der Waals surface area contributed by atoms with Crippen molar-refractivity contribution in [2.75, 3.05) is 11.9 Å². The van der Waals surface area contributed by atoms with Gasteiger partial charge in [0, 0.05) is 18.2 Å². The van der Waals surface area contributed by atoms with E-state index in [4.69, 9.17) is 9.26 Å². The van der Waals surface area contributed by atoms with Crippen LogP contribution in [-0.4, -0.2) is 38.5 Å². The lowest BCUT2D eigenvalue weighted by molar-refractivity contribution is -0.117. The van der Waals surface area contributed by atoms with Crippen LogP contribution in [0.1, 0.15) is 31.1 Å². The van der Waals surface area contributed by atoms with E-state index in [0.717, 1.165) is 29.5 Å². The van der Waals surface area contributed by atoms with Crippen LogP contribution in [0.3, 0.4) is 0 Å². The zero-order valence-corrected chi connectivity index (χ0v) is 19.3. The van der Waals surface area contributed by atoms with Gasteiger partial charge in [-0.2, -0.15) is 5.10 Å². The Bertz CT molecular complexity index is 1390.